The minimum atomic E-state index is -0.255. The largest absolute Gasteiger partial charge is 0.388 e. The molecule has 1 aliphatic carbocycles. The van der Waals surface area contributed by atoms with Crippen molar-refractivity contribution in [3.8, 4) is 0 Å². The highest BCUT2D eigenvalue weighted by Gasteiger charge is 2.28. The Hall–Kier alpha value is -0.820. The fourth-order valence-corrected chi connectivity index (χ4v) is 2.66. The fourth-order valence-electron chi connectivity index (χ4n) is 2.66. The zero-order chi connectivity index (χ0) is 10.8. The van der Waals surface area contributed by atoms with Gasteiger partial charge in [-0.25, -0.2) is 0 Å². The van der Waals surface area contributed by atoms with E-state index in [2.05, 4.69) is 26.0 Å². The highest BCUT2D eigenvalue weighted by Crippen LogP contribution is 2.38. The first-order valence-corrected chi connectivity index (χ1v) is 5.91. The third-order valence-corrected chi connectivity index (χ3v) is 3.57. The third-order valence-electron chi connectivity index (χ3n) is 3.57. The number of rotatable bonds is 2. The maximum Gasteiger partial charge on any atom is 0.0818 e. The molecule has 0 spiro atoms. The second-order valence-electron chi connectivity index (χ2n) is 5.04. The summed E-state index contributed by atoms with van der Waals surface area (Å²) < 4.78 is 0. The molecule has 0 aromatic heterocycles. The Morgan fingerprint density at radius 3 is 2.73 bits per heavy atom. The van der Waals surface area contributed by atoms with Crippen LogP contribution in [0.15, 0.2) is 24.3 Å². The summed E-state index contributed by atoms with van der Waals surface area (Å²) in [7, 11) is 0. The molecule has 1 N–H and O–H groups in total. The van der Waals surface area contributed by atoms with E-state index in [1.807, 2.05) is 12.1 Å². The van der Waals surface area contributed by atoms with Crippen LogP contribution >= 0.6 is 0 Å². The van der Waals surface area contributed by atoms with Gasteiger partial charge in [0.1, 0.15) is 0 Å². The summed E-state index contributed by atoms with van der Waals surface area (Å²) in [5.41, 5.74) is 2.33. The molecule has 0 aliphatic heterocycles. The number of aliphatic hydroxyl groups excluding tert-OH is 1. The van der Waals surface area contributed by atoms with Gasteiger partial charge in [-0.3, -0.25) is 0 Å². The molecule has 82 valence electrons. The number of aliphatic hydroxyl groups is 1. The van der Waals surface area contributed by atoms with Crippen molar-refractivity contribution in [3.05, 3.63) is 35.4 Å². The molecule has 1 aromatic rings. The zero-order valence-corrected chi connectivity index (χ0v) is 9.61. The van der Waals surface area contributed by atoms with Crippen molar-refractivity contribution in [2.75, 3.05) is 0 Å². The van der Waals surface area contributed by atoms with Crippen molar-refractivity contribution in [1.29, 1.82) is 0 Å². The van der Waals surface area contributed by atoms with E-state index in [4.69, 9.17) is 0 Å². The standard InChI is InChI=1S/C14H20O/c1-10-4-3-5-12(8-10)14(15)13-7-6-11(2)9-13/h3-5,8,11,13-15H,6-7,9H2,1-2H3. The minimum Gasteiger partial charge on any atom is -0.388 e. The van der Waals surface area contributed by atoms with Crippen LogP contribution in [0.3, 0.4) is 0 Å². The molecule has 1 fully saturated rings. The molecule has 1 aromatic carbocycles. The molecule has 15 heavy (non-hydrogen) atoms. The van der Waals surface area contributed by atoms with Crippen LogP contribution in [-0.4, -0.2) is 5.11 Å². The van der Waals surface area contributed by atoms with E-state index >= 15 is 0 Å². The maximum atomic E-state index is 10.3. The van der Waals surface area contributed by atoms with E-state index in [0.29, 0.717) is 5.92 Å². The van der Waals surface area contributed by atoms with Crippen molar-refractivity contribution in [2.24, 2.45) is 11.8 Å². The van der Waals surface area contributed by atoms with Gasteiger partial charge in [-0.1, -0.05) is 43.2 Å². The SMILES string of the molecule is Cc1cccc(C(O)C2CCC(C)C2)c1. The van der Waals surface area contributed by atoms with E-state index in [-0.39, 0.29) is 6.10 Å². The molecule has 0 radical (unpaired) electrons. The van der Waals surface area contributed by atoms with Gasteiger partial charge in [0, 0.05) is 0 Å². The van der Waals surface area contributed by atoms with Gasteiger partial charge in [0.25, 0.3) is 0 Å². The average molecular weight is 204 g/mol. The lowest BCUT2D eigenvalue weighted by Crippen LogP contribution is -2.09. The highest BCUT2D eigenvalue weighted by atomic mass is 16.3. The molecular formula is C14H20O. The summed E-state index contributed by atoms with van der Waals surface area (Å²) in [6.45, 7) is 4.36. The molecule has 2 rings (SSSR count). The maximum absolute atomic E-state index is 10.3. The number of hydrogen-bond donors (Lipinski definition) is 1. The van der Waals surface area contributed by atoms with E-state index in [9.17, 15) is 5.11 Å². The first kappa shape index (κ1) is 10.7. The Bertz CT molecular complexity index is 332. The van der Waals surface area contributed by atoms with Gasteiger partial charge >= 0.3 is 0 Å². The quantitative estimate of drug-likeness (QED) is 0.782. The van der Waals surface area contributed by atoms with E-state index in [1.54, 1.807) is 0 Å². The summed E-state index contributed by atoms with van der Waals surface area (Å²) in [4.78, 5) is 0. The van der Waals surface area contributed by atoms with Gasteiger partial charge in [0.2, 0.25) is 0 Å². The molecule has 1 saturated carbocycles. The Balaban J connectivity index is 2.10. The smallest absolute Gasteiger partial charge is 0.0818 e. The third kappa shape index (κ3) is 2.40. The lowest BCUT2D eigenvalue weighted by molar-refractivity contribution is 0.109. The van der Waals surface area contributed by atoms with Crippen LogP contribution in [-0.2, 0) is 0 Å². The first-order chi connectivity index (χ1) is 7.16. The van der Waals surface area contributed by atoms with E-state index < -0.39 is 0 Å². The van der Waals surface area contributed by atoms with Crippen LogP contribution in [0.4, 0.5) is 0 Å². The van der Waals surface area contributed by atoms with Crippen LogP contribution in [0.25, 0.3) is 0 Å². The lowest BCUT2D eigenvalue weighted by atomic mass is 9.93. The van der Waals surface area contributed by atoms with Crippen LogP contribution in [0.1, 0.15) is 43.4 Å². The molecule has 0 bridgehead atoms. The summed E-state index contributed by atoms with van der Waals surface area (Å²) >= 11 is 0. The van der Waals surface area contributed by atoms with E-state index in [0.717, 1.165) is 11.5 Å². The monoisotopic (exact) mass is 204 g/mol. The molecule has 3 unspecified atom stereocenters. The van der Waals surface area contributed by atoms with Crippen LogP contribution in [0.2, 0.25) is 0 Å². The fraction of sp³-hybridized carbons (Fsp3) is 0.571. The van der Waals surface area contributed by atoms with Crippen LogP contribution in [0, 0.1) is 18.8 Å². The minimum absolute atomic E-state index is 0.255. The lowest BCUT2D eigenvalue weighted by Gasteiger charge is -2.18. The predicted octanol–water partition coefficient (Wildman–Crippen LogP) is 3.46. The van der Waals surface area contributed by atoms with E-state index in [1.165, 1.54) is 24.8 Å². The molecule has 1 nitrogen and oxygen atoms in total. The zero-order valence-electron chi connectivity index (χ0n) is 9.61. The molecule has 0 amide bonds. The average Bonchev–Trinajstić information content (AvgIpc) is 2.64. The van der Waals surface area contributed by atoms with Crippen molar-refractivity contribution in [3.63, 3.8) is 0 Å². The molecule has 1 aliphatic rings. The Labute approximate surface area is 92.1 Å². The second kappa shape index (κ2) is 4.36. The van der Waals surface area contributed by atoms with Crippen LogP contribution < -0.4 is 0 Å². The Morgan fingerprint density at radius 2 is 2.13 bits per heavy atom. The summed E-state index contributed by atoms with van der Waals surface area (Å²) in [6, 6.07) is 8.26. The topological polar surface area (TPSA) is 20.2 Å². The summed E-state index contributed by atoms with van der Waals surface area (Å²) in [5, 5.41) is 10.3. The number of aryl methyl sites for hydroxylation is 1. The van der Waals surface area contributed by atoms with Gasteiger partial charge in [-0.05, 0) is 37.2 Å². The Kier molecular flexibility index (Phi) is 3.11. The van der Waals surface area contributed by atoms with Gasteiger partial charge in [0.15, 0.2) is 0 Å². The van der Waals surface area contributed by atoms with Crippen molar-refractivity contribution in [1.82, 2.24) is 0 Å². The van der Waals surface area contributed by atoms with Crippen molar-refractivity contribution in [2.45, 2.75) is 39.2 Å². The number of benzene rings is 1. The van der Waals surface area contributed by atoms with Gasteiger partial charge < -0.3 is 5.11 Å². The molecule has 0 saturated heterocycles. The van der Waals surface area contributed by atoms with Gasteiger partial charge in [-0.15, -0.1) is 0 Å². The van der Waals surface area contributed by atoms with Crippen molar-refractivity contribution < 1.29 is 5.11 Å². The van der Waals surface area contributed by atoms with Gasteiger partial charge in [0.05, 0.1) is 6.10 Å². The van der Waals surface area contributed by atoms with Crippen LogP contribution in [0.5, 0.6) is 0 Å². The first-order valence-electron chi connectivity index (χ1n) is 5.91. The second-order valence-corrected chi connectivity index (χ2v) is 5.04. The normalized spacial score (nSPS) is 27.9. The molecule has 0 heterocycles. The summed E-state index contributed by atoms with van der Waals surface area (Å²) in [5.74, 6) is 1.26. The summed E-state index contributed by atoms with van der Waals surface area (Å²) in [6.07, 6.45) is 3.37. The molecule has 3 atom stereocenters. The molecular weight excluding hydrogens is 184 g/mol. The molecule has 1 heteroatoms. The van der Waals surface area contributed by atoms with Crippen molar-refractivity contribution >= 4 is 0 Å². The Morgan fingerprint density at radius 1 is 1.33 bits per heavy atom. The van der Waals surface area contributed by atoms with Gasteiger partial charge in [-0.2, -0.15) is 0 Å². The number of hydrogen-bond acceptors (Lipinski definition) is 1. The highest BCUT2D eigenvalue weighted by molar-refractivity contribution is 5.24. The predicted molar refractivity (Wildman–Crippen MR) is 62.6 cm³/mol.